The minimum atomic E-state index is -0.317. The number of pyridine rings is 1. The molecule has 0 radical (unpaired) electrons. The molecule has 19 heavy (non-hydrogen) atoms. The Hall–Kier alpha value is -1.53. The van der Waals surface area contributed by atoms with E-state index in [-0.39, 0.29) is 10.6 Å². The van der Waals surface area contributed by atoms with Crippen LogP contribution >= 0.6 is 0 Å². The molecule has 1 atom stereocenters. The third kappa shape index (κ3) is 2.90. The Morgan fingerprint density at radius 2 is 2.32 bits per heavy atom. The first-order valence-corrected chi connectivity index (χ1v) is 6.54. The number of hydrogen-bond donors (Lipinski definition) is 1. The van der Waals surface area contributed by atoms with Crippen molar-refractivity contribution in [1.82, 2.24) is 9.88 Å². The molecule has 0 saturated carbocycles. The molecule has 6 heteroatoms. The van der Waals surface area contributed by atoms with Crippen LogP contribution in [0.1, 0.15) is 23.2 Å². The van der Waals surface area contributed by atoms with Crippen molar-refractivity contribution < 1.29 is 4.92 Å². The molecule has 1 fully saturated rings. The number of aryl methyl sites for hydroxylation is 1. The number of aromatic nitrogens is 1. The molecule has 104 valence electrons. The fraction of sp³-hybridized carbons (Fsp3) is 0.615. The second-order valence-electron chi connectivity index (χ2n) is 5.24. The Bertz CT molecular complexity index is 490. The molecule has 0 aliphatic carbocycles. The van der Waals surface area contributed by atoms with Gasteiger partial charge >= 0.3 is 0 Å². The fourth-order valence-electron chi connectivity index (χ4n) is 2.67. The first-order valence-electron chi connectivity index (χ1n) is 6.54. The van der Waals surface area contributed by atoms with Crippen molar-refractivity contribution in [2.75, 3.05) is 19.6 Å². The molecule has 2 rings (SSSR count). The van der Waals surface area contributed by atoms with E-state index in [1.165, 1.54) is 0 Å². The van der Waals surface area contributed by atoms with Gasteiger partial charge in [-0.2, -0.15) is 0 Å². The number of hydrogen-bond acceptors (Lipinski definition) is 5. The number of likely N-dealkylation sites (tertiary alicyclic amines) is 1. The van der Waals surface area contributed by atoms with E-state index in [1.807, 2.05) is 0 Å². The predicted octanol–water partition coefficient (Wildman–Crippen LogP) is 1.39. The van der Waals surface area contributed by atoms with Gasteiger partial charge in [0, 0.05) is 30.4 Å². The van der Waals surface area contributed by atoms with Crippen molar-refractivity contribution in [2.45, 2.75) is 26.8 Å². The van der Waals surface area contributed by atoms with Crippen LogP contribution in [0.15, 0.2) is 6.20 Å². The Morgan fingerprint density at radius 1 is 1.58 bits per heavy atom. The molecule has 0 spiro atoms. The summed E-state index contributed by atoms with van der Waals surface area (Å²) in [6.45, 7) is 6.83. The second-order valence-corrected chi connectivity index (χ2v) is 5.24. The van der Waals surface area contributed by atoms with Gasteiger partial charge in [0.1, 0.15) is 0 Å². The van der Waals surface area contributed by atoms with Crippen LogP contribution in [0.3, 0.4) is 0 Å². The zero-order valence-electron chi connectivity index (χ0n) is 11.4. The van der Waals surface area contributed by atoms with Gasteiger partial charge in [-0.05, 0) is 39.3 Å². The second kappa shape index (κ2) is 5.63. The van der Waals surface area contributed by atoms with Gasteiger partial charge in [-0.25, -0.2) is 0 Å². The maximum Gasteiger partial charge on any atom is 0.278 e. The molecule has 1 aliphatic rings. The van der Waals surface area contributed by atoms with Gasteiger partial charge in [0.05, 0.1) is 10.6 Å². The van der Waals surface area contributed by atoms with Gasteiger partial charge in [-0.1, -0.05) is 0 Å². The van der Waals surface area contributed by atoms with Gasteiger partial charge in [0.2, 0.25) is 0 Å². The zero-order valence-corrected chi connectivity index (χ0v) is 11.4. The molecule has 6 nitrogen and oxygen atoms in total. The number of rotatable bonds is 4. The number of nitrogens with two attached hydrogens (primary N) is 1. The molecule has 1 saturated heterocycles. The largest absolute Gasteiger partial charge is 0.330 e. The van der Waals surface area contributed by atoms with Gasteiger partial charge in [0.25, 0.3) is 5.69 Å². The fourth-order valence-corrected chi connectivity index (χ4v) is 2.67. The lowest BCUT2D eigenvalue weighted by molar-refractivity contribution is -0.386. The third-order valence-corrected chi connectivity index (χ3v) is 3.83. The summed E-state index contributed by atoms with van der Waals surface area (Å²) in [4.78, 5) is 17.4. The minimum absolute atomic E-state index is 0.194. The molecule has 1 unspecified atom stereocenters. The third-order valence-electron chi connectivity index (χ3n) is 3.83. The van der Waals surface area contributed by atoms with Crippen LogP contribution in [-0.2, 0) is 6.54 Å². The van der Waals surface area contributed by atoms with Gasteiger partial charge in [-0.3, -0.25) is 20.0 Å². The monoisotopic (exact) mass is 264 g/mol. The molecule has 1 aromatic rings. The summed E-state index contributed by atoms with van der Waals surface area (Å²) in [7, 11) is 0. The molecular weight excluding hydrogens is 244 g/mol. The van der Waals surface area contributed by atoms with Gasteiger partial charge < -0.3 is 5.73 Å². The number of nitro groups is 1. The summed E-state index contributed by atoms with van der Waals surface area (Å²) in [5.41, 5.74) is 7.97. The normalized spacial score (nSPS) is 19.8. The summed E-state index contributed by atoms with van der Waals surface area (Å²) in [5, 5.41) is 11.1. The summed E-state index contributed by atoms with van der Waals surface area (Å²) in [6, 6.07) is 0. The van der Waals surface area contributed by atoms with Gasteiger partial charge in [0.15, 0.2) is 0 Å². The lowest BCUT2D eigenvalue weighted by Crippen LogP contribution is -2.23. The lowest BCUT2D eigenvalue weighted by Gasteiger charge is -2.16. The Balaban J connectivity index is 2.18. The lowest BCUT2D eigenvalue weighted by atomic mass is 10.1. The maximum absolute atomic E-state index is 11.1. The average molecular weight is 264 g/mol. The summed E-state index contributed by atoms with van der Waals surface area (Å²) < 4.78 is 0. The highest BCUT2D eigenvalue weighted by Gasteiger charge is 2.24. The van der Waals surface area contributed by atoms with E-state index in [0.717, 1.165) is 25.2 Å². The van der Waals surface area contributed by atoms with Crippen molar-refractivity contribution in [1.29, 1.82) is 0 Å². The van der Waals surface area contributed by atoms with Gasteiger partial charge in [-0.15, -0.1) is 0 Å². The van der Waals surface area contributed by atoms with Crippen LogP contribution in [0.2, 0.25) is 0 Å². The smallest absolute Gasteiger partial charge is 0.278 e. The van der Waals surface area contributed by atoms with Crippen LogP contribution in [0.25, 0.3) is 0 Å². The standard InChI is InChI=1S/C13H20N4O2/c1-9-6-15-12(10(2)13(9)17(18)19)8-16-4-3-11(5-14)7-16/h6,11H,3-5,7-8,14H2,1-2H3. The van der Waals surface area contributed by atoms with Crippen molar-refractivity contribution >= 4 is 5.69 Å². The van der Waals surface area contributed by atoms with Crippen molar-refractivity contribution in [3.05, 3.63) is 33.1 Å². The molecule has 0 bridgehead atoms. The summed E-state index contributed by atoms with van der Waals surface area (Å²) >= 11 is 0. The van der Waals surface area contributed by atoms with E-state index in [0.29, 0.717) is 30.1 Å². The van der Waals surface area contributed by atoms with E-state index in [9.17, 15) is 10.1 Å². The quantitative estimate of drug-likeness (QED) is 0.656. The molecule has 0 aromatic carbocycles. The van der Waals surface area contributed by atoms with E-state index < -0.39 is 0 Å². The highest BCUT2D eigenvalue weighted by atomic mass is 16.6. The van der Waals surface area contributed by atoms with Crippen LogP contribution in [0, 0.1) is 29.9 Å². The maximum atomic E-state index is 11.1. The van der Waals surface area contributed by atoms with Crippen LogP contribution in [0.4, 0.5) is 5.69 Å². The first kappa shape index (κ1) is 13.9. The van der Waals surface area contributed by atoms with Crippen molar-refractivity contribution in [3.63, 3.8) is 0 Å². The van der Waals surface area contributed by atoms with Crippen molar-refractivity contribution in [3.8, 4) is 0 Å². The number of nitrogens with zero attached hydrogens (tertiary/aromatic N) is 3. The van der Waals surface area contributed by atoms with E-state index >= 15 is 0 Å². The van der Waals surface area contributed by atoms with Crippen molar-refractivity contribution in [2.24, 2.45) is 11.7 Å². The SMILES string of the molecule is Cc1cnc(CN2CCC(CN)C2)c(C)c1[N+](=O)[O-]. The van der Waals surface area contributed by atoms with Crippen LogP contribution < -0.4 is 5.73 Å². The molecule has 1 aromatic heterocycles. The highest BCUT2D eigenvalue weighted by molar-refractivity contribution is 5.47. The summed E-state index contributed by atoms with van der Waals surface area (Å²) in [5.74, 6) is 0.542. The topological polar surface area (TPSA) is 85.3 Å². The Kier molecular flexibility index (Phi) is 4.11. The average Bonchev–Trinajstić information content (AvgIpc) is 2.80. The zero-order chi connectivity index (χ0) is 14.0. The summed E-state index contributed by atoms with van der Waals surface area (Å²) in [6.07, 6.45) is 2.69. The molecule has 0 amide bonds. The Labute approximate surface area is 112 Å². The minimum Gasteiger partial charge on any atom is -0.330 e. The van der Waals surface area contributed by atoms with E-state index in [1.54, 1.807) is 20.0 Å². The highest BCUT2D eigenvalue weighted by Crippen LogP contribution is 2.26. The van der Waals surface area contributed by atoms with Crippen LogP contribution in [0.5, 0.6) is 0 Å². The first-order chi connectivity index (χ1) is 9.02. The molecular formula is C13H20N4O2. The van der Waals surface area contributed by atoms with E-state index in [2.05, 4.69) is 9.88 Å². The Morgan fingerprint density at radius 3 is 2.89 bits per heavy atom. The van der Waals surface area contributed by atoms with Crippen LogP contribution in [-0.4, -0.2) is 34.4 Å². The predicted molar refractivity (Wildman–Crippen MR) is 72.8 cm³/mol. The molecule has 2 N–H and O–H groups in total. The molecule has 1 aliphatic heterocycles. The van der Waals surface area contributed by atoms with E-state index in [4.69, 9.17) is 5.73 Å². The molecule has 2 heterocycles.